The van der Waals surface area contributed by atoms with Gasteiger partial charge in [-0.15, -0.1) is 0 Å². The highest BCUT2D eigenvalue weighted by Gasteiger charge is 2.21. The zero-order valence-electron chi connectivity index (χ0n) is 20.8. The minimum absolute atomic E-state index is 0.0212. The van der Waals surface area contributed by atoms with Gasteiger partial charge in [0.2, 0.25) is 0 Å². The van der Waals surface area contributed by atoms with E-state index in [4.69, 9.17) is 16.9 Å². The van der Waals surface area contributed by atoms with Crippen LogP contribution in [0, 0.1) is 11.3 Å². The fourth-order valence-corrected chi connectivity index (χ4v) is 4.29. The Morgan fingerprint density at radius 2 is 1.51 bits per heavy atom. The molecule has 7 nitrogen and oxygen atoms in total. The topological polar surface area (TPSA) is 142 Å². The second-order valence-corrected chi connectivity index (χ2v) is 9.47. The minimum Gasteiger partial charge on any atom is -0.478 e. The maximum atomic E-state index is 12.6. The van der Waals surface area contributed by atoms with Crippen molar-refractivity contribution in [2.75, 3.05) is 6.54 Å². The van der Waals surface area contributed by atoms with Crippen molar-refractivity contribution < 1.29 is 14.7 Å². The molecule has 0 aliphatic heterocycles. The molecule has 0 spiro atoms. The summed E-state index contributed by atoms with van der Waals surface area (Å²) in [5, 5.41) is 22.5. The van der Waals surface area contributed by atoms with Gasteiger partial charge in [-0.2, -0.15) is 0 Å². The van der Waals surface area contributed by atoms with Crippen molar-refractivity contribution in [2.24, 2.45) is 17.4 Å². The Bertz CT molecular complexity index is 1490. The van der Waals surface area contributed by atoms with Crippen LogP contribution in [0.3, 0.4) is 0 Å². The number of nitrogen functional groups attached to an aromatic ring is 1. The summed E-state index contributed by atoms with van der Waals surface area (Å²) in [6.45, 7) is 4.48. The van der Waals surface area contributed by atoms with Gasteiger partial charge in [0.1, 0.15) is 5.84 Å². The highest BCUT2D eigenvalue weighted by Crippen LogP contribution is 2.36. The summed E-state index contributed by atoms with van der Waals surface area (Å²) in [6.07, 6.45) is 0. The number of rotatable bonds is 8. The van der Waals surface area contributed by atoms with E-state index in [0.29, 0.717) is 23.2 Å². The smallest absolute Gasteiger partial charge is 0.336 e. The number of nitrogens with one attached hydrogen (secondary N) is 2. The van der Waals surface area contributed by atoms with Crippen molar-refractivity contribution in [3.05, 3.63) is 107 Å². The van der Waals surface area contributed by atoms with Gasteiger partial charge in [0.15, 0.2) is 0 Å². The van der Waals surface area contributed by atoms with Crippen LogP contribution in [0.25, 0.3) is 21.9 Å². The van der Waals surface area contributed by atoms with Crippen molar-refractivity contribution in [3.8, 4) is 11.1 Å². The molecule has 4 aromatic carbocycles. The van der Waals surface area contributed by atoms with Crippen LogP contribution in [-0.2, 0) is 0 Å². The van der Waals surface area contributed by atoms with Crippen LogP contribution in [0.2, 0.25) is 0 Å². The van der Waals surface area contributed by atoms with Crippen molar-refractivity contribution >= 4 is 28.5 Å². The second-order valence-electron chi connectivity index (χ2n) is 9.47. The van der Waals surface area contributed by atoms with Gasteiger partial charge in [-0.05, 0) is 63.2 Å². The van der Waals surface area contributed by atoms with Crippen molar-refractivity contribution in [1.29, 1.82) is 5.41 Å². The first-order chi connectivity index (χ1) is 17.7. The van der Waals surface area contributed by atoms with Gasteiger partial charge in [-0.3, -0.25) is 10.2 Å². The number of carboxylic acids is 1. The largest absolute Gasteiger partial charge is 0.478 e. The molecule has 0 aromatic heterocycles. The standard InChI is InChI=1S/C30H30N4O3/c1-17(2)16-34-29(35)22-11-12-23(26(15-22)30(36)37)24-13-20-5-3-4-6-21(20)14-25(24)27(31)18-7-9-19(10-8-18)28(32)33/h3-15,17,27H,16,31H2,1-2H3,(H3,32,33)(H,34,35)(H,36,37). The monoisotopic (exact) mass is 494 g/mol. The predicted octanol–water partition coefficient (Wildman–Crippen LogP) is 4.92. The Kier molecular flexibility index (Phi) is 7.36. The summed E-state index contributed by atoms with van der Waals surface area (Å²) in [5.41, 5.74) is 15.9. The molecule has 0 heterocycles. The third kappa shape index (κ3) is 5.52. The van der Waals surface area contributed by atoms with Crippen LogP contribution in [-0.4, -0.2) is 29.4 Å². The van der Waals surface area contributed by atoms with E-state index >= 15 is 0 Å². The number of aromatic carboxylic acids is 1. The van der Waals surface area contributed by atoms with E-state index < -0.39 is 12.0 Å². The van der Waals surface area contributed by atoms with E-state index in [-0.39, 0.29) is 28.8 Å². The Morgan fingerprint density at radius 1 is 0.892 bits per heavy atom. The zero-order chi connectivity index (χ0) is 26.7. The number of amidine groups is 1. The van der Waals surface area contributed by atoms with Crippen LogP contribution >= 0.6 is 0 Å². The third-order valence-corrected chi connectivity index (χ3v) is 6.31. The average Bonchev–Trinajstić information content (AvgIpc) is 2.90. The Hall–Kier alpha value is -4.49. The molecule has 1 amide bonds. The van der Waals surface area contributed by atoms with E-state index in [1.165, 1.54) is 6.07 Å². The number of fused-ring (bicyclic) bond motifs is 1. The quantitative estimate of drug-likeness (QED) is 0.174. The van der Waals surface area contributed by atoms with Crippen LogP contribution in [0.5, 0.6) is 0 Å². The third-order valence-electron chi connectivity index (χ3n) is 6.31. The van der Waals surface area contributed by atoms with Gasteiger partial charge >= 0.3 is 5.97 Å². The van der Waals surface area contributed by atoms with Gasteiger partial charge in [0.05, 0.1) is 11.6 Å². The Morgan fingerprint density at radius 3 is 2.11 bits per heavy atom. The number of nitrogens with two attached hydrogens (primary N) is 2. The average molecular weight is 495 g/mol. The number of hydrogen-bond acceptors (Lipinski definition) is 4. The lowest BCUT2D eigenvalue weighted by Crippen LogP contribution is -2.27. The molecule has 1 unspecified atom stereocenters. The summed E-state index contributed by atoms with van der Waals surface area (Å²) in [4.78, 5) is 25.0. The number of carbonyl (C=O) groups is 2. The van der Waals surface area contributed by atoms with E-state index in [0.717, 1.165) is 21.9 Å². The highest BCUT2D eigenvalue weighted by atomic mass is 16.4. The molecule has 188 valence electrons. The molecule has 0 saturated carbocycles. The van der Waals surface area contributed by atoms with Crippen LogP contribution < -0.4 is 16.8 Å². The first-order valence-corrected chi connectivity index (χ1v) is 12.0. The molecule has 7 N–H and O–H groups in total. The summed E-state index contributed by atoms with van der Waals surface area (Å²) in [7, 11) is 0. The zero-order valence-corrected chi connectivity index (χ0v) is 20.8. The van der Waals surface area contributed by atoms with Crippen molar-refractivity contribution in [1.82, 2.24) is 5.32 Å². The number of hydrogen-bond donors (Lipinski definition) is 5. The first-order valence-electron chi connectivity index (χ1n) is 12.0. The Labute approximate surface area is 215 Å². The highest BCUT2D eigenvalue weighted by molar-refractivity contribution is 6.03. The lowest BCUT2D eigenvalue weighted by Gasteiger charge is -2.20. The van der Waals surface area contributed by atoms with Crippen molar-refractivity contribution in [3.63, 3.8) is 0 Å². The molecule has 7 heteroatoms. The van der Waals surface area contributed by atoms with Gasteiger partial charge in [0.25, 0.3) is 5.91 Å². The van der Waals surface area contributed by atoms with Crippen LogP contribution in [0.4, 0.5) is 0 Å². The SMILES string of the molecule is CC(C)CNC(=O)c1ccc(-c2cc3ccccc3cc2C(N)c2ccc(C(=N)N)cc2)c(C(=O)O)c1. The van der Waals surface area contributed by atoms with E-state index in [1.54, 1.807) is 24.3 Å². The number of amides is 1. The lowest BCUT2D eigenvalue weighted by atomic mass is 9.86. The molecule has 1 atom stereocenters. The maximum absolute atomic E-state index is 12.6. The van der Waals surface area contributed by atoms with Crippen LogP contribution in [0.1, 0.15) is 57.3 Å². The van der Waals surface area contributed by atoms with Gasteiger partial charge in [0, 0.05) is 17.7 Å². The molecule has 0 aliphatic carbocycles. The molecule has 0 fully saturated rings. The fourth-order valence-electron chi connectivity index (χ4n) is 4.29. The molecule has 0 bridgehead atoms. The van der Waals surface area contributed by atoms with Crippen molar-refractivity contribution in [2.45, 2.75) is 19.9 Å². The summed E-state index contributed by atoms with van der Waals surface area (Å²) in [5.74, 6) is -1.21. The number of benzene rings is 4. The summed E-state index contributed by atoms with van der Waals surface area (Å²) >= 11 is 0. The van der Waals surface area contributed by atoms with Gasteiger partial charge in [-0.25, -0.2) is 4.79 Å². The van der Waals surface area contributed by atoms with Gasteiger partial charge in [-0.1, -0.05) is 68.4 Å². The fraction of sp³-hybridized carbons (Fsp3) is 0.167. The number of carboxylic acid groups (broad SMARTS) is 1. The lowest BCUT2D eigenvalue weighted by molar-refractivity contribution is 0.0697. The molecular formula is C30H30N4O3. The molecule has 4 rings (SSSR count). The van der Waals surface area contributed by atoms with Gasteiger partial charge < -0.3 is 21.9 Å². The predicted molar refractivity (Wildman–Crippen MR) is 147 cm³/mol. The molecule has 0 saturated heterocycles. The summed E-state index contributed by atoms with van der Waals surface area (Å²) in [6, 6.07) is 23.0. The number of carbonyl (C=O) groups excluding carboxylic acids is 1. The van der Waals surface area contributed by atoms with E-state index in [2.05, 4.69) is 5.32 Å². The van der Waals surface area contributed by atoms with Crippen LogP contribution in [0.15, 0.2) is 78.9 Å². The van der Waals surface area contributed by atoms with E-state index in [9.17, 15) is 14.7 Å². The summed E-state index contributed by atoms with van der Waals surface area (Å²) < 4.78 is 0. The molecule has 0 radical (unpaired) electrons. The normalized spacial score (nSPS) is 11.9. The second kappa shape index (κ2) is 10.6. The Balaban J connectivity index is 1.86. The molecule has 4 aromatic rings. The van der Waals surface area contributed by atoms with E-state index in [1.807, 2.05) is 62.4 Å². The first kappa shape index (κ1) is 25.6. The molecule has 0 aliphatic rings. The minimum atomic E-state index is -1.13. The maximum Gasteiger partial charge on any atom is 0.336 e. The molecular weight excluding hydrogens is 464 g/mol. The molecule has 37 heavy (non-hydrogen) atoms.